The van der Waals surface area contributed by atoms with E-state index >= 15 is 0 Å². The molecule has 0 fully saturated rings. The molecule has 1 heterocycles. The Morgan fingerprint density at radius 2 is 2.05 bits per heavy atom. The fourth-order valence-corrected chi connectivity index (χ4v) is 2.50. The first kappa shape index (κ1) is 14.1. The van der Waals surface area contributed by atoms with Crippen molar-refractivity contribution in [3.05, 3.63) is 52.0 Å². The number of methoxy groups -OCH3 is 1. The fourth-order valence-electron chi connectivity index (χ4n) is 1.93. The molecule has 0 radical (unpaired) electrons. The maximum absolute atomic E-state index is 6.02. The molecule has 6 heteroatoms. The fraction of sp³-hybridized carbons (Fsp3) is 0.0667. The van der Waals surface area contributed by atoms with Crippen LogP contribution in [-0.4, -0.2) is 17.3 Å². The van der Waals surface area contributed by atoms with Crippen LogP contribution in [0.1, 0.15) is 0 Å². The van der Waals surface area contributed by atoms with Gasteiger partial charge in [0, 0.05) is 15.1 Å². The predicted molar refractivity (Wildman–Crippen MR) is 84.4 cm³/mol. The molecule has 1 aromatic heterocycles. The molecule has 3 aromatic rings. The molecule has 0 aliphatic rings. The zero-order valence-corrected chi connectivity index (χ0v) is 13.4. The number of hydrogen-bond donors (Lipinski definition) is 0. The first-order chi connectivity index (χ1) is 10.2. The van der Waals surface area contributed by atoms with Crippen molar-refractivity contribution in [3.8, 4) is 28.6 Å². The van der Waals surface area contributed by atoms with E-state index in [1.54, 1.807) is 25.3 Å². The quantitative estimate of drug-likeness (QED) is 0.667. The summed E-state index contributed by atoms with van der Waals surface area (Å²) in [5.74, 6) is 1.50. The van der Waals surface area contributed by atoms with Crippen molar-refractivity contribution in [2.24, 2.45) is 0 Å². The van der Waals surface area contributed by atoms with Crippen molar-refractivity contribution in [1.29, 1.82) is 0 Å². The third kappa shape index (κ3) is 2.94. The van der Waals surface area contributed by atoms with E-state index < -0.39 is 0 Å². The largest absolute Gasteiger partial charge is 0.496 e. The van der Waals surface area contributed by atoms with Crippen LogP contribution in [0.25, 0.3) is 22.8 Å². The second kappa shape index (κ2) is 5.87. The third-order valence-electron chi connectivity index (χ3n) is 2.90. The lowest BCUT2D eigenvalue weighted by Crippen LogP contribution is -1.88. The average Bonchev–Trinajstić information content (AvgIpc) is 2.97. The van der Waals surface area contributed by atoms with Crippen LogP contribution < -0.4 is 4.74 Å². The lowest BCUT2D eigenvalue weighted by molar-refractivity contribution is 0.405. The molecule has 0 bridgehead atoms. The van der Waals surface area contributed by atoms with Crippen LogP contribution in [0, 0.1) is 0 Å². The van der Waals surface area contributed by atoms with Crippen molar-refractivity contribution in [2.75, 3.05) is 7.11 Å². The summed E-state index contributed by atoms with van der Waals surface area (Å²) in [5, 5.41) is 4.58. The lowest BCUT2D eigenvalue weighted by Gasteiger charge is -2.04. The molecule has 0 N–H and O–H groups in total. The Morgan fingerprint density at radius 1 is 1.19 bits per heavy atom. The van der Waals surface area contributed by atoms with Gasteiger partial charge >= 0.3 is 0 Å². The van der Waals surface area contributed by atoms with Crippen LogP contribution in [0.3, 0.4) is 0 Å². The van der Waals surface area contributed by atoms with Crippen molar-refractivity contribution in [3.63, 3.8) is 0 Å². The van der Waals surface area contributed by atoms with Gasteiger partial charge in [0.1, 0.15) is 5.75 Å². The molecular formula is C15H10BrClN2O2. The zero-order valence-electron chi connectivity index (χ0n) is 11.0. The van der Waals surface area contributed by atoms with Gasteiger partial charge in [-0.2, -0.15) is 4.98 Å². The van der Waals surface area contributed by atoms with Gasteiger partial charge in [-0.15, -0.1) is 0 Å². The number of ether oxygens (including phenoxy) is 1. The monoisotopic (exact) mass is 364 g/mol. The Bertz CT molecular complexity index is 789. The highest BCUT2D eigenvalue weighted by atomic mass is 79.9. The van der Waals surface area contributed by atoms with Crippen LogP contribution in [0.2, 0.25) is 5.02 Å². The van der Waals surface area contributed by atoms with Crippen LogP contribution in [-0.2, 0) is 0 Å². The Kier molecular flexibility index (Phi) is 3.94. The van der Waals surface area contributed by atoms with Gasteiger partial charge in [0.15, 0.2) is 0 Å². The second-order valence-corrected chi connectivity index (χ2v) is 5.63. The van der Waals surface area contributed by atoms with Gasteiger partial charge < -0.3 is 9.26 Å². The number of aromatic nitrogens is 2. The van der Waals surface area contributed by atoms with E-state index in [4.69, 9.17) is 20.9 Å². The summed E-state index contributed by atoms with van der Waals surface area (Å²) in [6.07, 6.45) is 0. The van der Waals surface area contributed by atoms with E-state index in [2.05, 4.69) is 26.1 Å². The van der Waals surface area contributed by atoms with Crippen LogP contribution in [0.5, 0.6) is 5.75 Å². The summed E-state index contributed by atoms with van der Waals surface area (Å²) in [4.78, 5) is 4.40. The first-order valence-corrected chi connectivity index (χ1v) is 7.28. The smallest absolute Gasteiger partial charge is 0.262 e. The molecule has 0 aliphatic heterocycles. The topological polar surface area (TPSA) is 48.2 Å². The number of hydrogen-bond acceptors (Lipinski definition) is 4. The van der Waals surface area contributed by atoms with Crippen molar-refractivity contribution < 1.29 is 9.26 Å². The van der Waals surface area contributed by atoms with E-state index in [1.165, 1.54) is 0 Å². The maximum atomic E-state index is 6.02. The Labute approximate surface area is 134 Å². The summed E-state index contributed by atoms with van der Waals surface area (Å²) in [5.41, 5.74) is 1.53. The standard InChI is InChI=1S/C15H10BrClN2O2/c1-20-13-6-5-11(17)8-12(13)15-18-14(19-21-15)9-3-2-4-10(16)7-9/h2-8H,1H3. The molecule has 106 valence electrons. The minimum atomic E-state index is 0.365. The zero-order chi connectivity index (χ0) is 14.8. The first-order valence-electron chi connectivity index (χ1n) is 6.11. The highest BCUT2D eigenvalue weighted by Crippen LogP contribution is 2.32. The van der Waals surface area contributed by atoms with E-state index in [0.717, 1.165) is 10.0 Å². The summed E-state index contributed by atoms with van der Waals surface area (Å²) in [6, 6.07) is 12.9. The summed E-state index contributed by atoms with van der Waals surface area (Å²) in [6.45, 7) is 0. The highest BCUT2D eigenvalue weighted by molar-refractivity contribution is 9.10. The second-order valence-electron chi connectivity index (χ2n) is 4.28. The third-order valence-corrected chi connectivity index (χ3v) is 3.63. The molecule has 21 heavy (non-hydrogen) atoms. The molecule has 4 nitrogen and oxygen atoms in total. The molecule has 0 aliphatic carbocycles. The Hall–Kier alpha value is -1.85. The minimum absolute atomic E-state index is 0.365. The Balaban J connectivity index is 2.04. The molecule has 0 spiro atoms. The van der Waals surface area contributed by atoms with Crippen molar-refractivity contribution in [1.82, 2.24) is 10.1 Å². The van der Waals surface area contributed by atoms with E-state index in [9.17, 15) is 0 Å². The summed E-state index contributed by atoms with van der Waals surface area (Å²) < 4.78 is 11.6. The van der Waals surface area contributed by atoms with Gasteiger partial charge in [-0.3, -0.25) is 0 Å². The molecule has 0 atom stereocenters. The molecule has 3 rings (SSSR count). The van der Waals surface area contributed by atoms with Crippen LogP contribution in [0.15, 0.2) is 51.5 Å². The van der Waals surface area contributed by atoms with Gasteiger partial charge in [0.25, 0.3) is 5.89 Å². The molecule has 0 saturated carbocycles. The number of benzene rings is 2. The molecule has 0 unspecified atom stereocenters. The minimum Gasteiger partial charge on any atom is -0.496 e. The molecule has 0 saturated heterocycles. The molecule has 2 aromatic carbocycles. The van der Waals surface area contributed by atoms with E-state index in [1.807, 2.05) is 24.3 Å². The van der Waals surface area contributed by atoms with Gasteiger partial charge in [0.2, 0.25) is 5.82 Å². The van der Waals surface area contributed by atoms with Gasteiger partial charge in [-0.05, 0) is 30.3 Å². The average molecular weight is 366 g/mol. The molecule has 0 amide bonds. The van der Waals surface area contributed by atoms with Crippen LogP contribution in [0.4, 0.5) is 0 Å². The highest BCUT2D eigenvalue weighted by Gasteiger charge is 2.15. The summed E-state index contributed by atoms with van der Waals surface area (Å²) in [7, 11) is 1.58. The number of rotatable bonds is 3. The van der Waals surface area contributed by atoms with Crippen molar-refractivity contribution in [2.45, 2.75) is 0 Å². The maximum Gasteiger partial charge on any atom is 0.262 e. The van der Waals surface area contributed by atoms with Gasteiger partial charge in [0.05, 0.1) is 12.7 Å². The normalized spacial score (nSPS) is 10.6. The Morgan fingerprint density at radius 3 is 2.81 bits per heavy atom. The lowest BCUT2D eigenvalue weighted by atomic mass is 10.2. The summed E-state index contributed by atoms with van der Waals surface area (Å²) >= 11 is 9.44. The van der Waals surface area contributed by atoms with E-state index in [0.29, 0.717) is 28.1 Å². The van der Waals surface area contributed by atoms with Crippen LogP contribution >= 0.6 is 27.5 Å². The number of nitrogens with zero attached hydrogens (tertiary/aromatic N) is 2. The van der Waals surface area contributed by atoms with Gasteiger partial charge in [-0.1, -0.05) is 44.8 Å². The van der Waals surface area contributed by atoms with Crippen molar-refractivity contribution >= 4 is 27.5 Å². The molecular weight excluding hydrogens is 356 g/mol. The van der Waals surface area contributed by atoms with E-state index in [-0.39, 0.29) is 0 Å². The predicted octanol–water partition coefficient (Wildman–Crippen LogP) is 4.83. The van der Waals surface area contributed by atoms with Gasteiger partial charge in [-0.25, -0.2) is 0 Å². The number of halogens is 2. The SMILES string of the molecule is COc1ccc(Cl)cc1-c1nc(-c2cccc(Br)c2)no1.